The molecule has 2 saturated heterocycles. The highest BCUT2D eigenvalue weighted by Gasteiger charge is 2.35. The van der Waals surface area contributed by atoms with Crippen LogP contribution in [0.1, 0.15) is 45.1 Å². The number of hydrogen-bond acceptors (Lipinski definition) is 14. The predicted octanol–water partition coefficient (Wildman–Crippen LogP) is 8.82. The molecule has 0 spiro atoms. The average Bonchev–Trinajstić information content (AvgIpc) is 4.06. The van der Waals surface area contributed by atoms with Crippen LogP contribution in [0.2, 0.25) is 10.0 Å². The third kappa shape index (κ3) is 8.63. The Morgan fingerprint density at radius 2 is 1.03 bits per heavy atom. The van der Waals surface area contributed by atoms with Crippen molar-refractivity contribution < 1.29 is 38.2 Å². The molecule has 2 atom stereocenters. The van der Waals surface area contributed by atoms with Gasteiger partial charge in [0.2, 0.25) is 23.6 Å². The Balaban J connectivity index is 0.000000166. The van der Waals surface area contributed by atoms with Crippen molar-refractivity contribution in [2.45, 2.75) is 51.6 Å². The Labute approximate surface area is 404 Å². The molecule has 2 aliphatic carbocycles. The molecule has 0 bridgehead atoms. The number of imide groups is 2. The summed E-state index contributed by atoms with van der Waals surface area (Å²) in [7, 11) is 3.22. The van der Waals surface area contributed by atoms with E-state index in [-0.39, 0.29) is 70.5 Å². The number of aromatic nitrogens is 2. The molecule has 4 aliphatic rings. The maximum Gasteiger partial charge on any atom is 0.289 e. The fraction of sp³-hybridized carbons (Fsp3) is 0.304. The molecule has 0 unspecified atom stereocenters. The maximum absolute atomic E-state index is 12.2. The summed E-state index contributed by atoms with van der Waals surface area (Å²) in [6, 6.07) is 15.2. The molecule has 2 fully saturated rings. The molecule has 14 nitrogen and oxygen atoms in total. The smallest absolute Gasteiger partial charge is 0.289 e. The van der Waals surface area contributed by atoms with Crippen molar-refractivity contribution in [3.8, 4) is 33.8 Å². The highest BCUT2D eigenvalue weighted by molar-refractivity contribution is 8.15. The van der Waals surface area contributed by atoms with Crippen molar-refractivity contribution >= 4 is 124 Å². The molecule has 340 valence electrons. The Kier molecular flexibility index (Phi) is 13.1. The number of pyridine rings is 2. The lowest BCUT2D eigenvalue weighted by atomic mass is 9.86. The van der Waals surface area contributed by atoms with E-state index in [2.05, 4.69) is 0 Å². The van der Waals surface area contributed by atoms with E-state index >= 15 is 0 Å². The molecule has 6 heterocycles. The first-order valence-corrected chi connectivity index (χ1v) is 25.2. The van der Waals surface area contributed by atoms with Crippen LogP contribution in [0.4, 0.5) is 9.59 Å². The van der Waals surface area contributed by atoms with E-state index in [1.54, 1.807) is 14.2 Å². The summed E-state index contributed by atoms with van der Waals surface area (Å²) in [4.78, 5) is 88.1. The number of hydrogen-bond donors (Lipinski definition) is 2. The van der Waals surface area contributed by atoms with Gasteiger partial charge in [0.15, 0.2) is 0 Å². The van der Waals surface area contributed by atoms with E-state index in [9.17, 15) is 28.8 Å². The maximum atomic E-state index is 12.2. The topological polar surface area (TPSA) is 205 Å². The van der Waals surface area contributed by atoms with E-state index in [4.69, 9.17) is 54.1 Å². The number of ether oxygens (including phenoxy) is 2. The summed E-state index contributed by atoms with van der Waals surface area (Å²) in [5, 5.41) is 2.18. The monoisotopic (exact) mass is 1000 g/mol. The molecule has 4 aromatic heterocycles. The molecule has 6 amide bonds. The Bertz CT molecular complexity index is 2780. The van der Waals surface area contributed by atoms with Crippen molar-refractivity contribution in [1.29, 1.82) is 0 Å². The van der Waals surface area contributed by atoms with Gasteiger partial charge in [-0.3, -0.25) is 38.6 Å². The van der Waals surface area contributed by atoms with Gasteiger partial charge in [-0.1, -0.05) is 71.0 Å². The van der Waals surface area contributed by atoms with E-state index in [0.29, 0.717) is 60.0 Å². The second kappa shape index (κ2) is 18.8. The van der Waals surface area contributed by atoms with Crippen LogP contribution in [0.25, 0.3) is 42.7 Å². The van der Waals surface area contributed by atoms with E-state index in [1.165, 1.54) is 32.5 Å². The number of carbonyl (C=O) groups is 6. The Morgan fingerprint density at radius 3 is 1.35 bits per heavy atom. The van der Waals surface area contributed by atoms with Crippen molar-refractivity contribution in [1.82, 2.24) is 19.8 Å². The first kappa shape index (κ1) is 45.9. The molecular formula is C46H40Cl2N6O8S4. The number of thioether (sulfide) groups is 2. The third-order valence-electron chi connectivity index (χ3n) is 12.3. The van der Waals surface area contributed by atoms with Gasteiger partial charge in [-0.05, 0) is 85.0 Å². The van der Waals surface area contributed by atoms with Crippen LogP contribution < -0.4 is 20.9 Å². The average molecular weight is 1000 g/mol. The molecule has 6 aromatic rings. The van der Waals surface area contributed by atoms with Crippen LogP contribution in [0, 0.1) is 11.8 Å². The Hall–Kier alpha value is -5.24. The number of fused-ring (bicyclic) bond motifs is 6. The van der Waals surface area contributed by atoms with Crippen LogP contribution in [-0.4, -0.2) is 79.6 Å². The van der Waals surface area contributed by atoms with E-state index in [1.807, 2.05) is 48.5 Å². The van der Waals surface area contributed by atoms with Gasteiger partial charge in [-0.25, -0.2) is 9.97 Å². The van der Waals surface area contributed by atoms with Crippen molar-refractivity contribution in [3.63, 3.8) is 0 Å². The lowest BCUT2D eigenvalue weighted by Gasteiger charge is -2.20. The summed E-state index contributed by atoms with van der Waals surface area (Å²) in [6.07, 6.45) is 3.96. The molecule has 10 rings (SSSR count). The largest absolute Gasteiger partial charge is 0.497 e. The highest BCUT2D eigenvalue weighted by atomic mass is 35.5. The van der Waals surface area contributed by atoms with Gasteiger partial charge in [0, 0.05) is 43.5 Å². The van der Waals surface area contributed by atoms with Gasteiger partial charge in [0.25, 0.3) is 10.5 Å². The SMILES string of the molecule is COc1ccc(-c2c(Cl)c(CN3C(=O)CSC3=O)nc3sc4c(c23)CC[C@@H](C(N)=O)C4)cc1.COc1ccc(-c2c(Cl)c(CN3C(=O)CSC3=O)nc3sc4c(c23)CC[C@H](C(N)=O)C4)cc1. The number of amides is 6. The van der Waals surface area contributed by atoms with Gasteiger partial charge in [0.1, 0.15) is 21.2 Å². The molecule has 20 heteroatoms. The lowest BCUT2D eigenvalue weighted by Crippen LogP contribution is -2.28. The number of rotatable bonds is 10. The minimum absolute atomic E-state index is 0.0229. The summed E-state index contributed by atoms with van der Waals surface area (Å²) in [5.74, 6) is 0.255. The number of carbonyl (C=O) groups excluding carboxylic acids is 6. The zero-order valence-electron chi connectivity index (χ0n) is 35.4. The predicted molar refractivity (Wildman–Crippen MR) is 259 cm³/mol. The molecule has 0 saturated carbocycles. The number of halogens is 2. The number of aryl methyl sites for hydroxylation is 2. The molecule has 2 aliphatic heterocycles. The van der Waals surface area contributed by atoms with Gasteiger partial charge in [0.05, 0.1) is 60.2 Å². The highest BCUT2D eigenvalue weighted by Crippen LogP contribution is 2.48. The fourth-order valence-electron chi connectivity index (χ4n) is 8.79. The van der Waals surface area contributed by atoms with Crippen LogP contribution in [0.15, 0.2) is 48.5 Å². The van der Waals surface area contributed by atoms with Crippen LogP contribution in [0.5, 0.6) is 11.5 Å². The van der Waals surface area contributed by atoms with Gasteiger partial charge in [-0.15, -0.1) is 22.7 Å². The van der Waals surface area contributed by atoms with Crippen molar-refractivity contribution in [3.05, 3.63) is 90.8 Å². The lowest BCUT2D eigenvalue weighted by molar-refractivity contribution is -0.125. The normalized spacial score (nSPS) is 18.1. The molecular weight excluding hydrogens is 964 g/mol. The van der Waals surface area contributed by atoms with Crippen molar-refractivity contribution in [2.75, 3.05) is 25.7 Å². The van der Waals surface area contributed by atoms with Gasteiger partial charge in [-0.2, -0.15) is 0 Å². The number of methoxy groups -OCH3 is 2. The van der Waals surface area contributed by atoms with Crippen molar-refractivity contribution in [2.24, 2.45) is 23.3 Å². The summed E-state index contributed by atoms with van der Waals surface area (Å²) >= 11 is 18.9. The van der Waals surface area contributed by atoms with Crippen LogP contribution >= 0.6 is 69.4 Å². The number of primary amides is 2. The van der Waals surface area contributed by atoms with Gasteiger partial charge < -0.3 is 20.9 Å². The molecule has 66 heavy (non-hydrogen) atoms. The first-order chi connectivity index (χ1) is 31.7. The Morgan fingerprint density at radius 1 is 0.652 bits per heavy atom. The summed E-state index contributed by atoms with van der Waals surface area (Å²) in [6.45, 7) is 0.0458. The van der Waals surface area contributed by atoms with Crippen LogP contribution in [0.3, 0.4) is 0 Å². The standard InChI is InChI=1S/2C23H20ClN3O4S2/c2*1-31-13-5-2-11(3-6-13)18-19-14-7-4-12(21(25)29)8-16(14)33-22(19)26-15(20(18)24)9-27-17(28)10-32-23(27)30/h2*2-3,5-6,12H,4,7-10H2,1H3,(H2,25,29)/t2*12-/m10/s1. The summed E-state index contributed by atoms with van der Waals surface area (Å²) in [5.41, 5.74) is 17.8. The summed E-state index contributed by atoms with van der Waals surface area (Å²) < 4.78 is 10.6. The second-order valence-electron chi connectivity index (χ2n) is 16.1. The second-order valence-corrected chi connectivity index (χ2v) is 20.8. The van der Waals surface area contributed by atoms with E-state index in [0.717, 1.165) is 98.6 Å². The fourth-order valence-corrected chi connectivity index (χ4v) is 13.5. The van der Waals surface area contributed by atoms with E-state index < -0.39 is 0 Å². The number of nitrogens with zero attached hydrogens (tertiary/aromatic N) is 4. The quantitative estimate of drug-likeness (QED) is 0.132. The molecule has 0 radical (unpaired) electrons. The number of thiophene rings is 2. The zero-order chi connectivity index (χ0) is 46.6. The minimum Gasteiger partial charge on any atom is -0.497 e. The third-order valence-corrected chi connectivity index (χ3v) is 17.1. The number of benzene rings is 2. The van der Waals surface area contributed by atoms with Gasteiger partial charge >= 0.3 is 0 Å². The minimum atomic E-state index is -0.293. The molecule has 2 aromatic carbocycles. The van der Waals surface area contributed by atoms with Crippen LogP contribution in [-0.2, 0) is 58.0 Å². The first-order valence-electron chi connectivity index (χ1n) is 20.8. The number of nitrogens with two attached hydrogens (primary N) is 2. The zero-order valence-corrected chi connectivity index (χ0v) is 40.2. The molecule has 4 N–H and O–H groups in total.